The number of phosphoric ester groups is 2. The number of rotatable bonds is 67. The molecule has 522 valence electrons. The molecule has 3 N–H and O–H groups in total. The summed E-state index contributed by atoms with van der Waals surface area (Å²) in [4.78, 5) is 72.3. The van der Waals surface area contributed by atoms with E-state index in [0.717, 1.165) is 109 Å². The van der Waals surface area contributed by atoms with E-state index < -0.39 is 97.5 Å². The zero-order valence-corrected chi connectivity index (χ0v) is 59.0. The molecule has 0 spiro atoms. The van der Waals surface area contributed by atoms with Crippen molar-refractivity contribution in [2.45, 2.75) is 362 Å². The molecule has 0 bridgehead atoms. The van der Waals surface area contributed by atoms with Crippen LogP contribution in [0.5, 0.6) is 0 Å². The predicted octanol–water partition coefficient (Wildman–Crippen LogP) is 19.5. The predicted molar refractivity (Wildman–Crippen MR) is 354 cm³/mol. The molecule has 0 aliphatic carbocycles. The number of esters is 4. The molecule has 0 aromatic rings. The zero-order chi connectivity index (χ0) is 65.2. The number of phosphoric acid groups is 2. The Labute approximate surface area is 537 Å². The minimum absolute atomic E-state index is 0.101. The molecule has 0 fully saturated rings. The topological polar surface area (TPSA) is 237 Å². The quantitative estimate of drug-likeness (QED) is 0.0222. The molecule has 3 unspecified atom stereocenters. The number of aliphatic hydroxyl groups is 1. The molecule has 0 amide bonds. The van der Waals surface area contributed by atoms with Gasteiger partial charge in [-0.05, 0) is 43.4 Å². The zero-order valence-electron chi connectivity index (χ0n) is 57.2. The molecule has 0 rings (SSSR count). The molecule has 0 aromatic carbocycles. The molecule has 0 aliphatic heterocycles. The Morgan fingerprint density at radius 1 is 0.330 bits per heavy atom. The van der Waals surface area contributed by atoms with E-state index in [1.54, 1.807) is 0 Å². The standard InChI is InChI=1S/C69H134O17P2/c1-8-10-11-12-13-14-15-16-17-18-19-20-21-22-23-24-25-26-38-45-52-68(73)85-64(56-80-67(72)51-44-37-32-29-35-42-49-62(7)9-2)58-83-87(75,76)81-54-63(70)55-82-88(77,78)84-59-65(86-69(74)53-46-39-31-28-34-41-48-61(5)6)57-79-66(71)50-43-36-30-27-33-40-47-60(3)4/h60-65,70H,8-59H2,1-7H3,(H,75,76)(H,77,78)/t62?,63-,64-,65-/m1/s1. The summed E-state index contributed by atoms with van der Waals surface area (Å²) in [5.74, 6) is -0.0578. The maximum absolute atomic E-state index is 13.0. The summed E-state index contributed by atoms with van der Waals surface area (Å²) in [6.07, 6.45) is 43.6. The minimum atomic E-state index is -4.95. The van der Waals surface area contributed by atoms with E-state index in [1.807, 2.05) is 0 Å². The van der Waals surface area contributed by atoms with Crippen LogP contribution in [0.2, 0.25) is 0 Å². The number of aliphatic hydroxyl groups excluding tert-OH is 1. The number of unbranched alkanes of at least 4 members (excludes halogenated alkanes) is 34. The third kappa shape index (κ3) is 61.6. The van der Waals surface area contributed by atoms with E-state index in [1.165, 1.54) is 141 Å². The van der Waals surface area contributed by atoms with Crippen LogP contribution in [-0.2, 0) is 65.4 Å². The number of hydrogen-bond donors (Lipinski definition) is 3. The van der Waals surface area contributed by atoms with E-state index >= 15 is 0 Å². The van der Waals surface area contributed by atoms with Gasteiger partial charge in [-0.2, -0.15) is 0 Å². The van der Waals surface area contributed by atoms with Crippen molar-refractivity contribution in [3.8, 4) is 0 Å². The summed E-state index contributed by atoms with van der Waals surface area (Å²) >= 11 is 0. The van der Waals surface area contributed by atoms with Gasteiger partial charge in [0, 0.05) is 25.7 Å². The largest absolute Gasteiger partial charge is 0.472 e. The fourth-order valence-corrected chi connectivity index (χ4v) is 11.9. The Hall–Kier alpha value is -1.94. The third-order valence-corrected chi connectivity index (χ3v) is 18.1. The summed E-state index contributed by atoms with van der Waals surface area (Å²) < 4.78 is 68.1. The summed E-state index contributed by atoms with van der Waals surface area (Å²) in [5, 5.41) is 10.6. The van der Waals surface area contributed by atoms with Crippen LogP contribution in [0, 0.1) is 17.8 Å². The van der Waals surface area contributed by atoms with Crippen LogP contribution in [-0.4, -0.2) is 96.7 Å². The highest BCUT2D eigenvalue weighted by Crippen LogP contribution is 2.45. The first kappa shape index (κ1) is 86.1. The Kier molecular flexibility index (Phi) is 58.7. The average Bonchev–Trinajstić information content (AvgIpc) is 3.66. The van der Waals surface area contributed by atoms with Crippen LogP contribution in [0.3, 0.4) is 0 Å². The minimum Gasteiger partial charge on any atom is -0.462 e. The fraction of sp³-hybridized carbons (Fsp3) is 0.942. The summed E-state index contributed by atoms with van der Waals surface area (Å²) in [6.45, 7) is 11.6. The molecular weight excluding hydrogens is 1160 g/mol. The highest BCUT2D eigenvalue weighted by atomic mass is 31.2. The second-order valence-corrected chi connectivity index (χ2v) is 29.0. The highest BCUT2D eigenvalue weighted by molar-refractivity contribution is 7.47. The van der Waals surface area contributed by atoms with Gasteiger partial charge in [0.15, 0.2) is 12.2 Å². The fourth-order valence-electron chi connectivity index (χ4n) is 10.3. The molecule has 6 atom stereocenters. The molecule has 0 aliphatic rings. The van der Waals surface area contributed by atoms with Gasteiger partial charge in [0.05, 0.1) is 26.4 Å². The van der Waals surface area contributed by atoms with Crippen molar-refractivity contribution in [1.82, 2.24) is 0 Å². The van der Waals surface area contributed by atoms with Gasteiger partial charge in [0.25, 0.3) is 0 Å². The van der Waals surface area contributed by atoms with E-state index in [0.29, 0.717) is 37.5 Å². The Morgan fingerprint density at radius 3 is 0.864 bits per heavy atom. The monoisotopic (exact) mass is 1300 g/mol. The van der Waals surface area contributed by atoms with Gasteiger partial charge in [0.1, 0.15) is 19.3 Å². The lowest BCUT2D eigenvalue weighted by atomic mass is 10.00. The first-order valence-electron chi connectivity index (χ1n) is 35.9. The molecular formula is C69H134O17P2. The first-order valence-corrected chi connectivity index (χ1v) is 38.9. The molecule has 0 heterocycles. The number of ether oxygens (including phenoxy) is 4. The molecule has 0 radical (unpaired) electrons. The maximum Gasteiger partial charge on any atom is 0.472 e. The normalized spacial score (nSPS) is 14.5. The Bertz CT molecular complexity index is 1730. The molecule has 0 aromatic heterocycles. The smallest absolute Gasteiger partial charge is 0.462 e. The van der Waals surface area contributed by atoms with Crippen molar-refractivity contribution < 1.29 is 80.2 Å². The summed E-state index contributed by atoms with van der Waals surface area (Å²) in [6, 6.07) is 0. The van der Waals surface area contributed by atoms with Gasteiger partial charge >= 0.3 is 39.5 Å². The highest BCUT2D eigenvalue weighted by Gasteiger charge is 2.30. The number of carbonyl (C=O) groups excluding carboxylic acids is 4. The lowest BCUT2D eigenvalue weighted by molar-refractivity contribution is -0.161. The van der Waals surface area contributed by atoms with Crippen molar-refractivity contribution in [3.05, 3.63) is 0 Å². The van der Waals surface area contributed by atoms with Crippen LogP contribution < -0.4 is 0 Å². The average molecular weight is 1300 g/mol. The first-order chi connectivity index (χ1) is 42.3. The van der Waals surface area contributed by atoms with Crippen LogP contribution in [0.25, 0.3) is 0 Å². The van der Waals surface area contributed by atoms with Crippen molar-refractivity contribution >= 4 is 39.5 Å². The van der Waals surface area contributed by atoms with E-state index in [9.17, 15) is 43.2 Å². The van der Waals surface area contributed by atoms with Gasteiger partial charge in [-0.25, -0.2) is 9.13 Å². The van der Waals surface area contributed by atoms with Crippen LogP contribution in [0.4, 0.5) is 0 Å². The second kappa shape index (κ2) is 60.0. The van der Waals surface area contributed by atoms with Gasteiger partial charge < -0.3 is 33.8 Å². The van der Waals surface area contributed by atoms with E-state index in [2.05, 4.69) is 48.5 Å². The van der Waals surface area contributed by atoms with Gasteiger partial charge in [0.2, 0.25) is 0 Å². The lowest BCUT2D eigenvalue weighted by Gasteiger charge is -2.21. The number of carbonyl (C=O) groups is 4. The van der Waals surface area contributed by atoms with Crippen LogP contribution in [0.15, 0.2) is 0 Å². The van der Waals surface area contributed by atoms with Crippen LogP contribution in [0.1, 0.15) is 344 Å². The molecule has 0 saturated carbocycles. The third-order valence-electron chi connectivity index (χ3n) is 16.2. The Morgan fingerprint density at radius 2 is 0.580 bits per heavy atom. The van der Waals surface area contributed by atoms with Crippen molar-refractivity contribution in [1.29, 1.82) is 0 Å². The second-order valence-electron chi connectivity index (χ2n) is 26.1. The molecule has 0 saturated heterocycles. The van der Waals surface area contributed by atoms with Crippen LogP contribution >= 0.6 is 15.6 Å². The van der Waals surface area contributed by atoms with Gasteiger partial charge in [-0.3, -0.25) is 37.3 Å². The Balaban J connectivity index is 5.16. The lowest BCUT2D eigenvalue weighted by Crippen LogP contribution is -2.30. The van der Waals surface area contributed by atoms with Gasteiger partial charge in [-0.1, -0.05) is 292 Å². The summed E-state index contributed by atoms with van der Waals surface area (Å²) in [7, 11) is -9.89. The summed E-state index contributed by atoms with van der Waals surface area (Å²) in [5.41, 5.74) is 0. The SMILES string of the molecule is CCCCCCCCCCCCCCCCCCCCCCC(=O)O[C@H](COC(=O)CCCCCCCCC(C)CC)COP(=O)(O)OC[C@@H](O)COP(=O)(O)OC[C@@H](COC(=O)CCCCCCCCC(C)C)OC(=O)CCCCCCCCC(C)C. The number of hydrogen-bond acceptors (Lipinski definition) is 15. The van der Waals surface area contributed by atoms with Crippen molar-refractivity contribution in [2.75, 3.05) is 39.6 Å². The molecule has 17 nitrogen and oxygen atoms in total. The van der Waals surface area contributed by atoms with Gasteiger partial charge in [-0.15, -0.1) is 0 Å². The van der Waals surface area contributed by atoms with Crippen molar-refractivity contribution in [2.24, 2.45) is 17.8 Å². The maximum atomic E-state index is 13.0. The molecule has 88 heavy (non-hydrogen) atoms. The molecule has 19 heteroatoms. The van der Waals surface area contributed by atoms with Crippen molar-refractivity contribution in [3.63, 3.8) is 0 Å². The van der Waals surface area contributed by atoms with E-state index in [-0.39, 0.29) is 25.7 Å². The van der Waals surface area contributed by atoms with E-state index in [4.69, 9.17) is 37.0 Å².